The van der Waals surface area contributed by atoms with Crippen molar-refractivity contribution >= 4 is 17.9 Å². The first-order valence-corrected chi connectivity index (χ1v) is 13.9. The molecular weight excluding hydrogens is 466 g/mol. The number of nitrogens with zero attached hydrogens (tertiary/aromatic N) is 1. The molecule has 7 nitrogen and oxygen atoms in total. The zero-order valence-corrected chi connectivity index (χ0v) is 22.3. The molecule has 0 spiro atoms. The minimum absolute atomic E-state index is 0.0643. The Labute approximate surface area is 213 Å². The number of hydrogen-bond donors (Lipinski definition) is 1. The molecule has 1 N–H and O–H groups in total. The molecule has 2 aliphatic heterocycles. The molecule has 6 unspecified atom stereocenters. The summed E-state index contributed by atoms with van der Waals surface area (Å²) in [4.78, 5) is 15.7. The Bertz CT molecular complexity index is 834. The van der Waals surface area contributed by atoms with Crippen LogP contribution in [0.2, 0.25) is 0 Å². The number of aliphatic hydroxyl groups is 1. The predicted octanol–water partition coefficient (Wildman–Crippen LogP) is 4.37. The second kappa shape index (κ2) is 11.4. The Hall–Kier alpha value is -1.32. The van der Waals surface area contributed by atoms with Gasteiger partial charge < -0.3 is 29.0 Å². The highest BCUT2D eigenvalue weighted by molar-refractivity contribution is 7.99. The van der Waals surface area contributed by atoms with E-state index in [0.29, 0.717) is 50.8 Å². The highest BCUT2D eigenvalue weighted by atomic mass is 32.2. The van der Waals surface area contributed by atoms with Gasteiger partial charge in [0.05, 0.1) is 24.9 Å². The second-order valence-electron chi connectivity index (χ2n) is 10.7. The monoisotopic (exact) mass is 507 g/mol. The van der Waals surface area contributed by atoms with E-state index >= 15 is 0 Å². The summed E-state index contributed by atoms with van der Waals surface area (Å²) >= 11 is 1.65. The molecule has 1 aromatic carbocycles. The van der Waals surface area contributed by atoms with E-state index in [0.717, 1.165) is 17.7 Å². The fourth-order valence-electron chi connectivity index (χ4n) is 5.72. The maximum Gasteiger partial charge on any atom is 0.410 e. The van der Waals surface area contributed by atoms with Crippen LogP contribution in [0.15, 0.2) is 35.2 Å². The van der Waals surface area contributed by atoms with Gasteiger partial charge in [-0.15, -0.1) is 11.8 Å². The van der Waals surface area contributed by atoms with Crippen LogP contribution in [0.3, 0.4) is 0 Å². The molecule has 3 aliphatic rings. The van der Waals surface area contributed by atoms with E-state index in [1.54, 1.807) is 23.8 Å². The molecule has 6 atom stereocenters. The topological polar surface area (TPSA) is 80.8 Å². The van der Waals surface area contributed by atoms with Crippen LogP contribution in [0.5, 0.6) is 0 Å². The van der Waals surface area contributed by atoms with E-state index in [1.807, 2.05) is 18.2 Å². The summed E-state index contributed by atoms with van der Waals surface area (Å²) in [5, 5.41) is 12.1. The van der Waals surface area contributed by atoms with Gasteiger partial charge in [-0.3, -0.25) is 0 Å². The van der Waals surface area contributed by atoms with Gasteiger partial charge in [-0.25, -0.2) is 4.79 Å². The molecular formula is C27H41NO6S. The molecule has 1 aliphatic carbocycles. The number of methoxy groups -OCH3 is 1. The van der Waals surface area contributed by atoms with Crippen molar-refractivity contribution in [3.8, 4) is 0 Å². The van der Waals surface area contributed by atoms with Gasteiger partial charge in [0.25, 0.3) is 0 Å². The van der Waals surface area contributed by atoms with Crippen molar-refractivity contribution in [1.29, 1.82) is 0 Å². The first-order valence-electron chi connectivity index (χ1n) is 12.9. The Kier molecular flexibility index (Phi) is 8.69. The van der Waals surface area contributed by atoms with Gasteiger partial charge in [0.1, 0.15) is 17.8 Å². The summed E-state index contributed by atoms with van der Waals surface area (Å²) in [6.07, 6.45) is 1.92. The van der Waals surface area contributed by atoms with Gasteiger partial charge in [0.15, 0.2) is 0 Å². The van der Waals surface area contributed by atoms with Crippen molar-refractivity contribution < 1.29 is 28.8 Å². The van der Waals surface area contributed by atoms with E-state index < -0.39 is 23.4 Å². The number of ether oxygens (including phenoxy) is 4. The van der Waals surface area contributed by atoms with E-state index in [2.05, 4.69) is 32.9 Å². The van der Waals surface area contributed by atoms with Crippen LogP contribution in [0.4, 0.5) is 4.79 Å². The lowest BCUT2D eigenvalue weighted by atomic mass is 9.66. The van der Waals surface area contributed by atoms with Crippen molar-refractivity contribution in [2.24, 2.45) is 11.8 Å². The van der Waals surface area contributed by atoms with E-state index in [4.69, 9.17) is 18.9 Å². The van der Waals surface area contributed by atoms with Crippen LogP contribution < -0.4 is 0 Å². The summed E-state index contributed by atoms with van der Waals surface area (Å²) in [6, 6.07) is 10.1. The Morgan fingerprint density at radius 1 is 1.26 bits per heavy atom. The van der Waals surface area contributed by atoms with Crippen molar-refractivity contribution in [2.45, 2.75) is 80.9 Å². The number of morpholine rings is 1. The third-order valence-corrected chi connectivity index (χ3v) is 9.01. The van der Waals surface area contributed by atoms with Crippen molar-refractivity contribution in [3.05, 3.63) is 30.3 Å². The first-order chi connectivity index (χ1) is 16.8. The maximum absolute atomic E-state index is 12.9. The summed E-state index contributed by atoms with van der Waals surface area (Å²) in [7, 11) is 1.65. The van der Waals surface area contributed by atoms with Crippen molar-refractivity contribution in [3.63, 3.8) is 0 Å². The number of benzene rings is 1. The molecule has 3 fully saturated rings. The first kappa shape index (κ1) is 26.7. The maximum atomic E-state index is 12.9. The molecule has 196 valence electrons. The minimum atomic E-state index is -1.01. The number of epoxide rings is 1. The summed E-state index contributed by atoms with van der Waals surface area (Å²) < 4.78 is 23.7. The van der Waals surface area contributed by atoms with E-state index in [1.165, 1.54) is 0 Å². The summed E-state index contributed by atoms with van der Waals surface area (Å²) in [5.41, 5.74) is -1.53. The number of hydrogen-bond acceptors (Lipinski definition) is 7. The number of carbonyl (C=O) groups is 1. The molecule has 1 aromatic rings. The van der Waals surface area contributed by atoms with Gasteiger partial charge >= 0.3 is 6.09 Å². The van der Waals surface area contributed by atoms with Gasteiger partial charge in [-0.2, -0.15) is 0 Å². The molecule has 0 aromatic heterocycles. The highest BCUT2D eigenvalue weighted by Gasteiger charge is 2.67. The Morgan fingerprint density at radius 2 is 1.97 bits per heavy atom. The SMILES string of the molecule is COC1C(OC(=O)N2CCOCC2)CCC(O)(CSc2ccccc2)C1C1(C)OC1CCC(C)C. The number of carbonyl (C=O) groups excluding carboxylic acids is 1. The fourth-order valence-corrected chi connectivity index (χ4v) is 6.81. The highest BCUT2D eigenvalue weighted by Crippen LogP contribution is 2.55. The minimum Gasteiger partial charge on any atom is -0.443 e. The third-order valence-electron chi connectivity index (χ3n) is 7.76. The second-order valence-corrected chi connectivity index (χ2v) is 11.8. The number of rotatable bonds is 9. The van der Waals surface area contributed by atoms with Crippen LogP contribution in [0.1, 0.15) is 46.5 Å². The zero-order chi connectivity index (χ0) is 25.1. The molecule has 0 radical (unpaired) electrons. The number of amides is 1. The average molecular weight is 508 g/mol. The largest absolute Gasteiger partial charge is 0.443 e. The summed E-state index contributed by atoms with van der Waals surface area (Å²) in [5.74, 6) is 0.800. The fraction of sp³-hybridized carbons (Fsp3) is 0.741. The Morgan fingerprint density at radius 3 is 2.63 bits per heavy atom. The normalized spacial score (nSPS) is 35.2. The van der Waals surface area contributed by atoms with Gasteiger partial charge in [0.2, 0.25) is 0 Å². The van der Waals surface area contributed by atoms with Gasteiger partial charge in [0, 0.05) is 36.8 Å². The lowest BCUT2D eigenvalue weighted by molar-refractivity contribution is -0.172. The number of thioether (sulfide) groups is 1. The van der Waals surface area contributed by atoms with E-state index in [-0.39, 0.29) is 18.1 Å². The van der Waals surface area contributed by atoms with Crippen LogP contribution >= 0.6 is 11.8 Å². The molecule has 35 heavy (non-hydrogen) atoms. The van der Waals surface area contributed by atoms with Crippen molar-refractivity contribution in [2.75, 3.05) is 39.2 Å². The smallest absolute Gasteiger partial charge is 0.410 e. The lowest BCUT2D eigenvalue weighted by Crippen LogP contribution is -2.62. The van der Waals surface area contributed by atoms with Crippen molar-refractivity contribution in [1.82, 2.24) is 4.90 Å². The van der Waals surface area contributed by atoms with Crippen LogP contribution in [0, 0.1) is 11.8 Å². The van der Waals surface area contributed by atoms with Gasteiger partial charge in [-0.1, -0.05) is 32.0 Å². The predicted molar refractivity (Wildman–Crippen MR) is 136 cm³/mol. The quantitative estimate of drug-likeness (QED) is 0.393. The van der Waals surface area contributed by atoms with E-state index in [9.17, 15) is 9.90 Å². The van der Waals surface area contributed by atoms with Crippen LogP contribution in [-0.4, -0.2) is 84.8 Å². The van der Waals surface area contributed by atoms with Crippen LogP contribution in [0.25, 0.3) is 0 Å². The molecule has 8 heteroatoms. The average Bonchev–Trinajstić information content (AvgIpc) is 3.53. The Balaban J connectivity index is 1.53. The molecule has 2 heterocycles. The zero-order valence-electron chi connectivity index (χ0n) is 21.5. The standard InChI is InChI=1S/C27H41NO6S/c1-19(2)10-11-22-26(3,34-22)24-23(31-4)21(33-25(29)28-14-16-32-17-15-28)12-13-27(24,30)18-35-20-8-6-5-7-9-20/h5-9,19,21-24,30H,10-18H2,1-4H3. The molecule has 2 saturated heterocycles. The molecule has 1 amide bonds. The molecule has 4 rings (SSSR count). The third kappa shape index (κ3) is 6.16. The summed E-state index contributed by atoms with van der Waals surface area (Å²) in [6.45, 7) is 8.63. The lowest BCUT2D eigenvalue weighted by Gasteiger charge is -2.49. The van der Waals surface area contributed by atoms with Gasteiger partial charge in [-0.05, 0) is 50.7 Å². The molecule has 1 saturated carbocycles. The molecule has 0 bridgehead atoms. The van der Waals surface area contributed by atoms with Crippen LogP contribution in [-0.2, 0) is 18.9 Å².